The fourth-order valence-electron chi connectivity index (χ4n) is 1.67. The highest BCUT2D eigenvalue weighted by Crippen LogP contribution is 2.20. The average Bonchev–Trinajstić information content (AvgIpc) is 2.74. The van der Waals surface area contributed by atoms with Gasteiger partial charge in [-0.25, -0.2) is 0 Å². The molecule has 108 valence electrons. The lowest BCUT2D eigenvalue weighted by atomic mass is 10.1. The number of H-pyrrole nitrogens is 1. The van der Waals surface area contributed by atoms with E-state index in [2.05, 4.69) is 30.8 Å². The number of nitrogens with zero attached hydrogens (tertiary/aromatic N) is 3. The summed E-state index contributed by atoms with van der Waals surface area (Å²) in [5, 5.41) is 13.3. The Morgan fingerprint density at radius 1 is 1.40 bits per heavy atom. The smallest absolute Gasteiger partial charge is 0.242 e. The predicted octanol–water partition coefficient (Wildman–Crippen LogP) is 1.72. The Kier molecular flexibility index (Phi) is 3.80. The van der Waals surface area contributed by atoms with Crippen LogP contribution >= 0.6 is 11.6 Å². The number of carbonyl (C=O) groups is 1. The van der Waals surface area contributed by atoms with Gasteiger partial charge in [-0.15, -0.1) is 0 Å². The number of nitrogens with one attached hydrogen (secondary N) is 3. The van der Waals surface area contributed by atoms with Crippen molar-refractivity contribution in [2.24, 2.45) is 0 Å². The lowest BCUT2D eigenvalue weighted by molar-refractivity contribution is -0.122. The molecule has 20 heavy (non-hydrogen) atoms. The van der Waals surface area contributed by atoms with Crippen molar-refractivity contribution >= 4 is 34.4 Å². The molecule has 0 aromatic carbocycles. The summed E-state index contributed by atoms with van der Waals surface area (Å²) in [5.41, 5.74) is 0.234. The molecule has 0 saturated heterocycles. The predicted molar refractivity (Wildman–Crippen MR) is 77.7 cm³/mol. The van der Waals surface area contributed by atoms with Crippen molar-refractivity contribution in [1.82, 2.24) is 25.5 Å². The Morgan fingerprint density at radius 2 is 2.10 bits per heavy atom. The zero-order valence-electron chi connectivity index (χ0n) is 11.8. The van der Waals surface area contributed by atoms with Gasteiger partial charge in [-0.3, -0.25) is 9.89 Å². The minimum Gasteiger partial charge on any atom is -0.358 e. The number of halogens is 1. The van der Waals surface area contributed by atoms with Crippen LogP contribution in [0, 0.1) is 0 Å². The zero-order valence-corrected chi connectivity index (χ0v) is 12.5. The maximum atomic E-state index is 12.0. The number of aromatic nitrogens is 4. The second kappa shape index (κ2) is 5.24. The van der Waals surface area contributed by atoms with Crippen LogP contribution in [0.3, 0.4) is 0 Å². The Morgan fingerprint density at radius 3 is 2.75 bits per heavy atom. The van der Waals surface area contributed by atoms with Gasteiger partial charge in [-0.05, 0) is 39.3 Å². The Labute approximate surface area is 121 Å². The van der Waals surface area contributed by atoms with Crippen LogP contribution < -0.4 is 10.6 Å². The van der Waals surface area contributed by atoms with E-state index in [1.165, 1.54) is 0 Å². The van der Waals surface area contributed by atoms with Crippen LogP contribution in [0.15, 0.2) is 6.20 Å². The van der Waals surface area contributed by atoms with E-state index in [0.29, 0.717) is 16.9 Å². The van der Waals surface area contributed by atoms with Gasteiger partial charge < -0.3 is 10.6 Å². The van der Waals surface area contributed by atoms with Crippen molar-refractivity contribution in [3.63, 3.8) is 0 Å². The molecule has 0 spiro atoms. The van der Waals surface area contributed by atoms with Gasteiger partial charge in [-0.2, -0.15) is 15.1 Å². The Hall–Kier alpha value is -1.89. The van der Waals surface area contributed by atoms with E-state index < -0.39 is 6.04 Å². The van der Waals surface area contributed by atoms with E-state index in [1.54, 1.807) is 13.1 Å². The van der Waals surface area contributed by atoms with Crippen LogP contribution in [-0.2, 0) is 4.79 Å². The Bertz CT molecular complexity index is 632. The molecule has 3 N–H and O–H groups in total. The molecule has 2 rings (SSSR count). The molecule has 1 atom stereocenters. The lowest BCUT2D eigenvalue weighted by Crippen LogP contribution is -2.47. The first-order valence-electron chi connectivity index (χ1n) is 6.21. The van der Waals surface area contributed by atoms with Crippen LogP contribution in [-0.4, -0.2) is 37.7 Å². The molecule has 0 fully saturated rings. The van der Waals surface area contributed by atoms with E-state index in [9.17, 15) is 4.79 Å². The van der Waals surface area contributed by atoms with E-state index in [4.69, 9.17) is 11.6 Å². The summed E-state index contributed by atoms with van der Waals surface area (Å²) >= 11 is 5.84. The van der Waals surface area contributed by atoms with Crippen molar-refractivity contribution in [2.75, 3.05) is 5.32 Å². The molecule has 0 saturated carbocycles. The van der Waals surface area contributed by atoms with Gasteiger partial charge in [0.25, 0.3) is 0 Å². The van der Waals surface area contributed by atoms with Gasteiger partial charge in [0, 0.05) is 5.54 Å². The lowest BCUT2D eigenvalue weighted by Gasteiger charge is -2.24. The first kappa shape index (κ1) is 14.5. The third-order valence-corrected chi connectivity index (χ3v) is 2.70. The average molecular weight is 297 g/mol. The number of rotatable bonds is 3. The van der Waals surface area contributed by atoms with Crippen molar-refractivity contribution in [3.8, 4) is 0 Å². The summed E-state index contributed by atoms with van der Waals surface area (Å²) in [6.45, 7) is 7.53. The molecule has 2 aromatic rings. The summed E-state index contributed by atoms with van der Waals surface area (Å²) in [4.78, 5) is 20.1. The monoisotopic (exact) mass is 296 g/mol. The van der Waals surface area contributed by atoms with E-state index in [1.807, 2.05) is 20.8 Å². The molecular weight excluding hydrogens is 280 g/mol. The van der Waals surface area contributed by atoms with Crippen molar-refractivity contribution in [1.29, 1.82) is 0 Å². The number of aromatic amines is 1. The van der Waals surface area contributed by atoms with E-state index >= 15 is 0 Å². The number of carbonyl (C=O) groups excluding carboxylic acids is 1. The van der Waals surface area contributed by atoms with Crippen molar-refractivity contribution in [3.05, 3.63) is 11.5 Å². The van der Waals surface area contributed by atoms with Crippen LogP contribution in [0.2, 0.25) is 5.28 Å². The third kappa shape index (κ3) is 3.36. The highest BCUT2D eigenvalue weighted by Gasteiger charge is 2.20. The molecule has 1 amide bonds. The van der Waals surface area contributed by atoms with Gasteiger partial charge in [-0.1, -0.05) is 0 Å². The summed E-state index contributed by atoms with van der Waals surface area (Å²) in [6.07, 6.45) is 1.59. The van der Waals surface area contributed by atoms with Crippen molar-refractivity contribution in [2.45, 2.75) is 39.3 Å². The molecule has 2 aromatic heterocycles. The van der Waals surface area contributed by atoms with E-state index in [0.717, 1.165) is 0 Å². The number of hydrogen-bond donors (Lipinski definition) is 3. The van der Waals surface area contributed by atoms with Crippen LogP contribution in [0.1, 0.15) is 27.7 Å². The van der Waals surface area contributed by atoms with Crippen LogP contribution in [0.5, 0.6) is 0 Å². The second-order valence-electron chi connectivity index (χ2n) is 5.58. The Balaban J connectivity index is 2.19. The quantitative estimate of drug-likeness (QED) is 0.750. The molecule has 8 heteroatoms. The number of amides is 1. The second-order valence-corrected chi connectivity index (χ2v) is 5.92. The summed E-state index contributed by atoms with van der Waals surface area (Å²) < 4.78 is 0. The third-order valence-electron chi connectivity index (χ3n) is 2.53. The van der Waals surface area contributed by atoms with Crippen molar-refractivity contribution < 1.29 is 4.79 Å². The van der Waals surface area contributed by atoms with Gasteiger partial charge in [0.2, 0.25) is 11.2 Å². The van der Waals surface area contributed by atoms with Crippen LogP contribution in [0.4, 0.5) is 5.82 Å². The standard InChI is InChI=1S/C12H17ClN6O/c1-6(10(20)18-12(2,3)4)15-8-7-5-14-19-9(7)17-11(13)16-8/h5-6H,1-4H3,(H,18,20)(H2,14,15,16,17,19). The fourth-order valence-corrected chi connectivity index (χ4v) is 1.84. The maximum absolute atomic E-state index is 12.0. The molecule has 0 aliphatic rings. The molecule has 2 heterocycles. The molecule has 0 radical (unpaired) electrons. The largest absolute Gasteiger partial charge is 0.358 e. The highest BCUT2D eigenvalue weighted by molar-refractivity contribution is 6.28. The number of anilines is 1. The van der Waals surface area contributed by atoms with Gasteiger partial charge in [0.05, 0.1) is 11.6 Å². The maximum Gasteiger partial charge on any atom is 0.242 e. The molecule has 0 bridgehead atoms. The number of hydrogen-bond acceptors (Lipinski definition) is 5. The molecule has 0 aliphatic carbocycles. The molecule has 0 aliphatic heterocycles. The fraction of sp³-hybridized carbons (Fsp3) is 0.500. The molecule has 7 nitrogen and oxygen atoms in total. The number of fused-ring (bicyclic) bond motifs is 1. The highest BCUT2D eigenvalue weighted by atomic mass is 35.5. The minimum absolute atomic E-state index is 0.0904. The zero-order chi connectivity index (χ0) is 14.9. The van der Waals surface area contributed by atoms with Gasteiger partial charge in [0.1, 0.15) is 11.9 Å². The van der Waals surface area contributed by atoms with Gasteiger partial charge >= 0.3 is 0 Å². The first-order valence-corrected chi connectivity index (χ1v) is 6.59. The molecule has 1 unspecified atom stereocenters. The SMILES string of the molecule is CC(Nc1nc(Cl)nc2[nH]ncc12)C(=O)NC(C)(C)C. The minimum atomic E-state index is -0.460. The van der Waals surface area contributed by atoms with Crippen LogP contribution in [0.25, 0.3) is 11.0 Å². The summed E-state index contributed by atoms with van der Waals surface area (Å²) in [6, 6.07) is -0.460. The van der Waals surface area contributed by atoms with Gasteiger partial charge in [0.15, 0.2) is 5.65 Å². The molecular formula is C12H17ClN6O. The topological polar surface area (TPSA) is 95.6 Å². The normalized spacial score (nSPS) is 13.2. The van der Waals surface area contributed by atoms with E-state index in [-0.39, 0.29) is 16.7 Å². The first-order chi connectivity index (χ1) is 9.26. The summed E-state index contributed by atoms with van der Waals surface area (Å²) in [7, 11) is 0. The summed E-state index contributed by atoms with van der Waals surface area (Å²) in [5.74, 6) is 0.356.